The van der Waals surface area contributed by atoms with Crippen LogP contribution in [0.5, 0.6) is 0 Å². The first-order valence-corrected chi connectivity index (χ1v) is 6.50. The maximum absolute atomic E-state index is 8.62. The van der Waals surface area contributed by atoms with Crippen molar-refractivity contribution in [3.05, 3.63) is 30.1 Å². The lowest BCUT2D eigenvalue weighted by Crippen LogP contribution is -2.19. The van der Waals surface area contributed by atoms with E-state index in [4.69, 9.17) is 5.26 Å². The lowest BCUT2D eigenvalue weighted by atomic mass is 10.4. The summed E-state index contributed by atoms with van der Waals surface area (Å²) < 4.78 is 2.06. The van der Waals surface area contributed by atoms with E-state index in [1.54, 1.807) is 0 Å². The predicted molar refractivity (Wildman–Crippen MR) is 71.3 cm³/mol. The Hall–Kier alpha value is -1.54. The Bertz CT molecular complexity index is 555. The van der Waals surface area contributed by atoms with Crippen molar-refractivity contribution in [3.8, 4) is 6.07 Å². The Morgan fingerprint density at radius 2 is 2.35 bits per heavy atom. The molecule has 0 N–H and O–H groups in total. The highest BCUT2D eigenvalue weighted by atomic mass is 79.9. The highest BCUT2D eigenvalue weighted by Crippen LogP contribution is 2.23. The first-order valence-electron chi connectivity index (χ1n) is 5.38. The monoisotopic (exact) mass is 292 g/mol. The van der Waals surface area contributed by atoms with Crippen LogP contribution in [0.4, 0.5) is 5.82 Å². The molecule has 0 aromatic carbocycles. The number of halogens is 1. The van der Waals surface area contributed by atoms with Gasteiger partial charge in [0.25, 0.3) is 0 Å². The normalized spacial score (nSPS) is 10.4. The Morgan fingerprint density at radius 1 is 1.53 bits per heavy atom. The number of pyridine rings is 1. The number of hydrogen-bond acceptors (Lipinski definition) is 3. The van der Waals surface area contributed by atoms with Crippen molar-refractivity contribution in [1.82, 2.24) is 9.38 Å². The summed E-state index contributed by atoms with van der Waals surface area (Å²) in [5, 5.41) is 9.36. The molecule has 0 spiro atoms. The summed E-state index contributed by atoms with van der Waals surface area (Å²) in [5.74, 6) is 0.934. The number of aromatic nitrogens is 2. The first-order chi connectivity index (χ1) is 8.27. The van der Waals surface area contributed by atoms with E-state index in [1.165, 1.54) is 0 Å². The van der Waals surface area contributed by atoms with Gasteiger partial charge in [-0.1, -0.05) is 22.0 Å². The van der Waals surface area contributed by atoms with E-state index in [0.717, 1.165) is 22.5 Å². The van der Waals surface area contributed by atoms with Crippen molar-refractivity contribution in [2.45, 2.75) is 11.8 Å². The Morgan fingerprint density at radius 3 is 3.06 bits per heavy atom. The molecule has 4 nitrogen and oxygen atoms in total. The van der Waals surface area contributed by atoms with Crippen LogP contribution in [-0.4, -0.2) is 23.0 Å². The van der Waals surface area contributed by atoms with Crippen LogP contribution in [0.25, 0.3) is 5.65 Å². The largest absolute Gasteiger partial charge is 0.357 e. The number of alkyl halides is 1. The summed E-state index contributed by atoms with van der Waals surface area (Å²) in [6.45, 7) is 0.695. The molecule has 0 atom stereocenters. The summed E-state index contributed by atoms with van der Waals surface area (Å²) in [5.41, 5.74) is 2.04. The molecule has 0 aliphatic heterocycles. The molecule has 0 amide bonds. The highest BCUT2D eigenvalue weighted by molar-refractivity contribution is 9.08. The smallest absolute Gasteiger partial charge is 0.151 e. The number of hydrogen-bond donors (Lipinski definition) is 0. The van der Waals surface area contributed by atoms with Crippen LogP contribution < -0.4 is 4.90 Å². The fourth-order valence-corrected chi connectivity index (χ4v) is 2.31. The fourth-order valence-electron chi connectivity index (χ4n) is 1.79. The Labute approximate surface area is 109 Å². The minimum atomic E-state index is 0.506. The zero-order chi connectivity index (χ0) is 12.3. The Balaban J connectivity index is 2.43. The van der Waals surface area contributed by atoms with Gasteiger partial charge in [0.05, 0.1) is 18.2 Å². The van der Waals surface area contributed by atoms with Crippen molar-refractivity contribution in [2.75, 3.05) is 18.5 Å². The molecule has 5 heteroatoms. The van der Waals surface area contributed by atoms with Gasteiger partial charge >= 0.3 is 0 Å². The number of imidazole rings is 1. The molecule has 0 fully saturated rings. The second-order valence-corrected chi connectivity index (χ2v) is 4.33. The Kier molecular flexibility index (Phi) is 3.64. The van der Waals surface area contributed by atoms with Gasteiger partial charge in [0.2, 0.25) is 0 Å². The maximum atomic E-state index is 8.62. The van der Waals surface area contributed by atoms with Crippen LogP contribution in [0.15, 0.2) is 24.4 Å². The lowest BCUT2D eigenvalue weighted by molar-refractivity contribution is 0.883. The van der Waals surface area contributed by atoms with Crippen molar-refractivity contribution < 1.29 is 0 Å². The van der Waals surface area contributed by atoms with Gasteiger partial charge in [-0.15, -0.1) is 0 Å². The van der Waals surface area contributed by atoms with E-state index >= 15 is 0 Å². The quantitative estimate of drug-likeness (QED) is 0.814. The molecule has 2 heterocycles. The SMILES string of the molecule is CN(CCC#N)c1nc2ccccn2c1CBr. The predicted octanol–water partition coefficient (Wildman–Crippen LogP) is 2.58. The first kappa shape index (κ1) is 11.9. The fraction of sp³-hybridized carbons (Fsp3) is 0.333. The average Bonchev–Trinajstić information content (AvgIpc) is 2.74. The van der Waals surface area contributed by atoms with E-state index in [9.17, 15) is 0 Å². The van der Waals surface area contributed by atoms with Crippen LogP contribution in [0.2, 0.25) is 0 Å². The van der Waals surface area contributed by atoms with Crippen LogP contribution in [0.1, 0.15) is 12.1 Å². The molecule has 0 saturated heterocycles. The average molecular weight is 293 g/mol. The second-order valence-electron chi connectivity index (χ2n) is 3.77. The molecule has 0 bridgehead atoms. The molecule has 0 unspecified atom stereocenters. The van der Waals surface area contributed by atoms with Gasteiger partial charge in [-0.3, -0.25) is 0 Å². The minimum absolute atomic E-state index is 0.506. The van der Waals surface area contributed by atoms with E-state index in [1.807, 2.05) is 36.3 Å². The van der Waals surface area contributed by atoms with E-state index in [2.05, 4.69) is 31.4 Å². The van der Waals surface area contributed by atoms with E-state index < -0.39 is 0 Å². The molecule has 2 rings (SSSR count). The minimum Gasteiger partial charge on any atom is -0.357 e. The molecule has 17 heavy (non-hydrogen) atoms. The number of nitrogens with zero attached hydrogens (tertiary/aromatic N) is 4. The van der Waals surface area contributed by atoms with Gasteiger partial charge in [-0.25, -0.2) is 4.98 Å². The lowest BCUT2D eigenvalue weighted by Gasteiger charge is -2.15. The van der Waals surface area contributed by atoms with Gasteiger partial charge < -0.3 is 9.30 Å². The van der Waals surface area contributed by atoms with Crippen molar-refractivity contribution in [3.63, 3.8) is 0 Å². The van der Waals surface area contributed by atoms with Gasteiger partial charge in [0.15, 0.2) is 5.82 Å². The third-order valence-electron chi connectivity index (χ3n) is 2.65. The topological polar surface area (TPSA) is 44.3 Å². The summed E-state index contributed by atoms with van der Waals surface area (Å²) in [6, 6.07) is 8.09. The molecule has 0 radical (unpaired) electrons. The maximum Gasteiger partial charge on any atom is 0.151 e. The molecular formula is C12H13BrN4. The second kappa shape index (κ2) is 5.19. The number of fused-ring (bicyclic) bond motifs is 1. The molecule has 0 aliphatic rings. The van der Waals surface area contributed by atoms with Gasteiger partial charge in [-0.05, 0) is 12.1 Å². The third-order valence-corrected chi connectivity index (χ3v) is 3.19. The highest BCUT2D eigenvalue weighted by Gasteiger charge is 2.13. The zero-order valence-electron chi connectivity index (χ0n) is 9.60. The summed E-state index contributed by atoms with van der Waals surface area (Å²) in [7, 11) is 1.96. The van der Waals surface area contributed by atoms with Crippen molar-refractivity contribution in [2.24, 2.45) is 0 Å². The molecular weight excluding hydrogens is 280 g/mol. The van der Waals surface area contributed by atoms with Crippen molar-refractivity contribution in [1.29, 1.82) is 5.26 Å². The van der Waals surface area contributed by atoms with Gasteiger partial charge in [-0.2, -0.15) is 5.26 Å². The van der Waals surface area contributed by atoms with Crippen LogP contribution >= 0.6 is 15.9 Å². The van der Waals surface area contributed by atoms with Gasteiger partial charge in [0.1, 0.15) is 5.65 Å². The molecule has 2 aromatic rings. The summed E-state index contributed by atoms with van der Waals surface area (Å²) >= 11 is 3.49. The number of nitriles is 1. The molecule has 0 aliphatic carbocycles. The van der Waals surface area contributed by atoms with Crippen LogP contribution in [0, 0.1) is 11.3 Å². The van der Waals surface area contributed by atoms with E-state index in [-0.39, 0.29) is 0 Å². The molecule has 0 saturated carbocycles. The summed E-state index contributed by atoms with van der Waals surface area (Å²) in [4.78, 5) is 6.61. The van der Waals surface area contributed by atoms with Crippen LogP contribution in [-0.2, 0) is 5.33 Å². The standard InChI is InChI=1S/C12H13BrN4/c1-16(7-4-6-14)12-10(9-13)17-8-3-2-5-11(17)15-12/h2-3,5,8H,4,7,9H2,1H3. The molecule has 2 aromatic heterocycles. The zero-order valence-corrected chi connectivity index (χ0v) is 11.2. The molecule has 88 valence electrons. The number of rotatable bonds is 4. The summed E-state index contributed by atoms with van der Waals surface area (Å²) in [6.07, 6.45) is 2.51. The van der Waals surface area contributed by atoms with E-state index in [0.29, 0.717) is 13.0 Å². The van der Waals surface area contributed by atoms with Crippen molar-refractivity contribution >= 4 is 27.4 Å². The van der Waals surface area contributed by atoms with Gasteiger partial charge in [0, 0.05) is 25.1 Å². The van der Waals surface area contributed by atoms with Crippen LogP contribution in [0.3, 0.4) is 0 Å². The third kappa shape index (κ3) is 2.27. The number of anilines is 1.